The summed E-state index contributed by atoms with van der Waals surface area (Å²) in [6, 6.07) is 5.19. The van der Waals surface area contributed by atoms with E-state index in [-0.39, 0.29) is 17.3 Å². The monoisotopic (exact) mass is 388 g/mol. The highest BCUT2D eigenvalue weighted by Crippen LogP contribution is 2.27. The van der Waals surface area contributed by atoms with Gasteiger partial charge in [-0.05, 0) is 43.0 Å². The van der Waals surface area contributed by atoms with E-state index < -0.39 is 11.6 Å². The average molecular weight is 389 g/mol. The number of carbonyl (C=O) groups is 1. The molecule has 0 saturated heterocycles. The Bertz CT molecular complexity index is 1100. The van der Waals surface area contributed by atoms with Crippen LogP contribution in [0, 0.1) is 13.8 Å². The Hall–Kier alpha value is -2.60. The number of rotatable bonds is 4. The number of hydrogen-bond acceptors (Lipinski definition) is 5. The minimum absolute atomic E-state index is 0.0633. The van der Waals surface area contributed by atoms with Crippen LogP contribution in [0.1, 0.15) is 52.5 Å². The fourth-order valence-electron chi connectivity index (χ4n) is 3.21. The van der Waals surface area contributed by atoms with Crippen LogP contribution >= 0.6 is 11.6 Å². The van der Waals surface area contributed by atoms with Crippen molar-refractivity contribution in [2.45, 2.75) is 40.2 Å². The third kappa shape index (κ3) is 3.62. The van der Waals surface area contributed by atoms with Gasteiger partial charge in [-0.15, -0.1) is 0 Å². The highest BCUT2D eigenvalue weighted by atomic mass is 35.5. The molecule has 0 atom stereocenters. The Morgan fingerprint density at radius 3 is 2.59 bits per heavy atom. The molecule has 1 aromatic carbocycles. The van der Waals surface area contributed by atoms with Crippen LogP contribution in [0.15, 0.2) is 27.4 Å². The van der Waals surface area contributed by atoms with Gasteiger partial charge in [0.1, 0.15) is 22.9 Å². The molecule has 0 bridgehead atoms. The lowest BCUT2D eigenvalue weighted by molar-refractivity contribution is 0.0473. The summed E-state index contributed by atoms with van der Waals surface area (Å²) in [4.78, 5) is 24.4. The molecule has 0 saturated carbocycles. The maximum absolute atomic E-state index is 12.5. The fraction of sp³-hybridized carbons (Fsp3) is 0.350. The Labute approximate surface area is 161 Å². The lowest BCUT2D eigenvalue weighted by atomic mass is 9.95. The van der Waals surface area contributed by atoms with Gasteiger partial charge in [-0.2, -0.15) is 5.10 Å². The number of aryl methyl sites for hydroxylation is 3. The van der Waals surface area contributed by atoms with E-state index in [2.05, 4.69) is 18.9 Å². The van der Waals surface area contributed by atoms with Crippen molar-refractivity contribution in [2.75, 3.05) is 0 Å². The van der Waals surface area contributed by atoms with Crippen molar-refractivity contribution < 1.29 is 13.9 Å². The zero-order valence-corrected chi connectivity index (χ0v) is 16.7. The minimum Gasteiger partial charge on any atom is -0.457 e. The van der Waals surface area contributed by atoms with Crippen molar-refractivity contribution in [1.82, 2.24) is 9.78 Å². The summed E-state index contributed by atoms with van der Waals surface area (Å²) in [5.74, 6) is -0.267. The zero-order chi connectivity index (χ0) is 19.9. The van der Waals surface area contributed by atoms with Gasteiger partial charge < -0.3 is 9.15 Å². The molecular weight excluding hydrogens is 368 g/mol. The van der Waals surface area contributed by atoms with Gasteiger partial charge in [0, 0.05) is 24.1 Å². The lowest BCUT2D eigenvalue weighted by Gasteiger charge is -2.13. The third-order valence-electron chi connectivity index (χ3n) is 4.55. The summed E-state index contributed by atoms with van der Waals surface area (Å²) in [5, 5.41) is 5.08. The quantitative estimate of drug-likeness (QED) is 0.492. The van der Waals surface area contributed by atoms with Crippen molar-refractivity contribution in [3.05, 3.63) is 61.7 Å². The molecule has 7 heteroatoms. The number of benzene rings is 1. The van der Waals surface area contributed by atoms with Gasteiger partial charge in [0.05, 0.1) is 5.69 Å². The molecule has 6 nitrogen and oxygen atoms in total. The first-order valence-electron chi connectivity index (χ1n) is 8.62. The number of aromatic nitrogens is 2. The van der Waals surface area contributed by atoms with E-state index in [9.17, 15) is 9.59 Å². The van der Waals surface area contributed by atoms with Crippen molar-refractivity contribution in [3.8, 4) is 0 Å². The highest BCUT2D eigenvalue weighted by molar-refractivity contribution is 6.32. The fourth-order valence-corrected chi connectivity index (χ4v) is 3.46. The molecule has 3 rings (SSSR count). The van der Waals surface area contributed by atoms with Gasteiger partial charge in [0.2, 0.25) is 0 Å². The van der Waals surface area contributed by atoms with Gasteiger partial charge >= 0.3 is 11.6 Å². The van der Waals surface area contributed by atoms with Gasteiger partial charge in [-0.3, -0.25) is 4.68 Å². The van der Waals surface area contributed by atoms with Crippen molar-refractivity contribution >= 4 is 28.5 Å². The maximum Gasteiger partial charge on any atom is 0.343 e. The van der Waals surface area contributed by atoms with E-state index in [1.165, 1.54) is 10.7 Å². The van der Waals surface area contributed by atoms with E-state index in [0.717, 1.165) is 16.5 Å². The zero-order valence-electron chi connectivity index (χ0n) is 15.9. The molecule has 0 aliphatic heterocycles. The second-order valence-corrected chi connectivity index (χ2v) is 7.26. The van der Waals surface area contributed by atoms with Crippen LogP contribution in [-0.4, -0.2) is 15.7 Å². The largest absolute Gasteiger partial charge is 0.457 e. The highest BCUT2D eigenvalue weighted by Gasteiger charge is 2.21. The number of ether oxygens (including phenoxy) is 1. The summed E-state index contributed by atoms with van der Waals surface area (Å²) in [6.45, 7) is 7.80. The number of halogens is 1. The van der Waals surface area contributed by atoms with Gasteiger partial charge in [-0.1, -0.05) is 25.4 Å². The Morgan fingerprint density at radius 2 is 2.00 bits per heavy atom. The maximum atomic E-state index is 12.5. The molecule has 142 valence electrons. The first kappa shape index (κ1) is 19.2. The lowest BCUT2D eigenvalue weighted by Crippen LogP contribution is -2.09. The van der Waals surface area contributed by atoms with Crippen LogP contribution in [0.5, 0.6) is 0 Å². The average Bonchev–Trinajstić information content (AvgIpc) is 2.83. The van der Waals surface area contributed by atoms with E-state index in [1.807, 2.05) is 19.1 Å². The van der Waals surface area contributed by atoms with E-state index in [0.29, 0.717) is 22.8 Å². The Balaban J connectivity index is 1.98. The predicted octanol–water partition coefficient (Wildman–Crippen LogP) is 4.28. The first-order valence-corrected chi connectivity index (χ1v) is 9.00. The molecule has 0 spiro atoms. The van der Waals surface area contributed by atoms with E-state index in [4.69, 9.17) is 20.8 Å². The molecule has 0 radical (unpaired) electrons. The van der Waals surface area contributed by atoms with E-state index >= 15 is 0 Å². The van der Waals surface area contributed by atoms with E-state index in [1.54, 1.807) is 14.0 Å². The number of esters is 1. The van der Waals surface area contributed by atoms with Crippen molar-refractivity contribution in [1.29, 1.82) is 0 Å². The number of fused-ring (bicyclic) bond motifs is 1. The normalized spacial score (nSPS) is 11.4. The Morgan fingerprint density at radius 1 is 1.30 bits per heavy atom. The van der Waals surface area contributed by atoms with Crippen LogP contribution in [-0.2, 0) is 18.4 Å². The third-order valence-corrected chi connectivity index (χ3v) is 4.99. The summed E-state index contributed by atoms with van der Waals surface area (Å²) in [6.07, 6.45) is 0. The standard InChI is InChI=1S/C20H21ClN2O4/c1-10(2)14-8-15-13(7-17(24)27-16(15)6-11(14)3)9-26-20(25)18-12(4)22-23(5)19(18)21/h6-8,10H,9H2,1-5H3. The predicted molar refractivity (Wildman–Crippen MR) is 103 cm³/mol. The molecule has 2 aromatic heterocycles. The molecule has 0 aliphatic rings. The van der Waals surface area contributed by atoms with Crippen LogP contribution in [0.4, 0.5) is 0 Å². The second-order valence-electron chi connectivity index (χ2n) is 6.90. The Kier molecular flexibility index (Phi) is 5.11. The van der Waals surface area contributed by atoms with Crippen LogP contribution in [0.2, 0.25) is 5.15 Å². The minimum atomic E-state index is -0.580. The molecule has 2 heterocycles. The molecule has 27 heavy (non-hydrogen) atoms. The molecule has 3 aromatic rings. The van der Waals surface area contributed by atoms with Crippen molar-refractivity contribution in [2.24, 2.45) is 7.05 Å². The summed E-state index contributed by atoms with van der Waals surface area (Å²) in [7, 11) is 1.65. The van der Waals surface area contributed by atoms with Gasteiger partial charge in [0.15, 0.2) is 0 Å². The SMILES string of the molecule is Cc1cc2oc(=O)cc(COC(=O)c3c(C)nn(C)c3Cl)c2cc1C(C)C. The molecule has 0 amide bonds. The number of hydrogen-bond donors (Lipinski definition) is 0. The first-order chi connectivity index (χ1) is 12.7. The van der Waals surface area contributed by atoms with Crippen molar-refractivity contribution in [3.63, 3.8) is 0 Å². The topological polar surface area (TPSA) is 74.3 Å². The smallest absolute Gasteiger partial charge is 0.343 e. The van der Waals surface area contributed by atoms with Crippen LogP contribution in [0.3, 0.4) is 0 Å². The van der Waals surface area contributed by atoms with Gasteiger partial charge in [-0.25, -0.2) is 9.59 Å². The summed E-state index contributed by atoms with van der Waals surface area (Å²) >= 11 is 6.12. The number of nitrogens with zero attached hydrogens (tertiary/aromatic N) is 2. The molecule has 0 N–H and O–H groups in total. The molecule has 0 unspecified atom stereocenters. The molecule has 0 fully saturated rings. The number of carbonyl (C=O) groups excluding carboxylic acids is 1. The second kappa shape index (κ2) is 7.19. The summed E-state index contributed by atoms with van der Waals surface area (Å²) in [5.41, 5.74) is 3.50. The molecule has 0 aliphatic carbocycles. The van der Waals surface area contributed by atoms with Crippen LogP contribution in [0.25, 0.3) is 11.0 Å². The van der Waals surface area contributed by atoms with Gasteiger partial charge in [0.25, 0.3) is 0 Å². The summed E-state index contributed by atoms with van der Waals surface area (Å²) < 4.78 is 12.2. The van der Waals surface area contributed by atoms with Crippen LogP contribution < -0.4 is 5.63 Å². The molecular formula is C20H21ClN2O4.